The minimum Gasteiger partial charge on any atom is -0.339 e. The van der Waals surface area contributed by atoms with Crippen molar-refractivity contribution in [2.45, 2.75) is 19.6 Å². The number of hydrogen-bond donors (Lipinski definition) is 1. The van der Waals surface area contributed by atoms with E-state index in [0.717, 1.165) is 5.75 Å². The molecule has 25 heavy (non-hydrogen) atoms. The van der Waals surface area contributed by atoms with Gasteiger partial charge in [0.15, 0.2) is 0 Å². The highest BCUT2D eigenvalue weighted by Crippen LogP contribution is 2.15. The van der Waals surface area contributed by atoms with Crippen molar-refractivity contribution in [3.8, 4) is 0 Å². The molecule has 0 atom stereocenters. The van der Waals surface area contributed by atoms with E-state index in [2.05, 4.69) is 5.32 Å². The zero-order valence-corrected chi connectivity index (χ0v) is 15.5. The molecule has 0 aliphatic heterocycles. The van der Waals surface area contributed by atoms with Gasteiger partial charge in [-0.25, -0.2) is 0 Å². The van der Waals surface area contributed by atoms with Gasteiger partial charge in [-0.2, -0.15) is 0 Å². The molecule has 0 saturated carbocycles. The van der Waals surface area contributed by atoms with Crippen molar-refractivity contribution in [3.05, 3.63) is 65.7 Å². The van der Waals surface area contributed by atoms with E-state index in [1.54, 1.807) is 40.9 Å². The minimum atomic E-state index is -0.0617. The van der Waals surface area contributed by atoms with Crippen LogP contribution in [0.3, 0.4) is 0 Å². The summed E-state index contributed by atoms with van der Waals surface area (Å²) in [6.45, 7) is 5.25. The van der Waals surface area contributed by atoms with Gasteiger partial charge < -0.3 is 10.2 Å². The van der Waals surface area contributed by atoms with Crippen LogP contribution < -0.4 is 5.32 Å². The maximum atomic E-state index is 12.4. The third-order valence-electron chi connectivity index (χ3n) is 3.79. The van der Waals surface area contributed by atoms with Gasteiger partial charge in [-0.1, -0.05) is 36.4 Å². The normalized spacial score (nSPS) is 10.3. The first-order valence-corrected chi connectivity index (χ1v) is 9.60. The molecule has 1 N–H and O–H groups in total. The van der Waals surface area contributed by atoms with Crippen LogP contribution in [-0.2, 0) is 10.5 Å². The zero-order chi connectivity index (χ0) is 18.1. The number of carbonyl (C=O) groups excluding carboxylic acids is 2. The summed E-state index contributed by atoms with van der Waals surface area (Å²) in [5.74, 6) is 1.10. The number of benzene rings is 2. The maximum Gasteiger partial charge on any atom is 0.253 e. The molecule has 0 saturated heterocycles. The lowest BCUT2D eigenvalue weighted by atomic mass is 10.1. The smallest absolute Gasteiger partial charge is 0.253 e. The fraction of sp³-hybridized carbons (Fsp3) is 0.300. The third kappa shape index (κ3) is 5.94. The molecule has 2 rings (SSSR count). The van der Waals surface area contributed by atoms with Crippen molar-refractivity contribution < 1.29 is 9.59 Å². The Hall–Kier alpha value is -2.27. The Kier molecular flexibility index (Phi) is 7.54. The number of nitrogens with zero attached hydrogens (tertiary/aromatic N) is 1. The van der Waals surface area contributed by atoms with Gasteiger partial charge in [-0.3, -0.25) is 9.59 Å². The van der Waals surface area contributed by atoms with Crippen molar-refractivity contribution in [1.29, 1.82) is 0 Å². The molecule has 2 aromatic carbocycles. The lowest BCUT2D eigenvalue weighted by Crippen LogP contribution is -2.30. The van der Waals surface area contributed by atoms with Crippen LogP contribution in [0.15, 0.2) is 54.6 Å². The first kappa shape index (κ1) is 19.1. The second kappa shape index (κ2) is 9.89. The lowest BCUT2D eigenvalue weighted by molar-refractivity contribution is -0.113. The molecule has 0 radical (unpaired) electrons. The van der Waals surface area contributed by atoms with Crippen molar-refractivity contribution >= 4 is 29.3 Å². The predicted octanol–water partition coefficient (Wildman–Crippen LogP) is 4.04. The second-order valence-corrected chi connectivity index (χ2v) is 6.57. The highest BCUT2D eigenvalue weighted by atomic mass is 32.2. The zero-order valence-electron chi connectivity index (χ0n) is 14.7. The van der Waals surface area contributed by atoms with Crippen LogP contribution in [0.5, 0.6) is 0 Å². The van der Waals surface area contributed by atoms with Gasteiger partial charge in [-0.15, -0.1) is 11.8 Å². The number of rotatable bonds is 8. The largest absolute Gasteiger partial charge is 0.339 e. The van der Waals surface area contributed by atoms with Gasteiger partial charge in [0.25, 0.3) is 5.91 Å². The number of carbonyl (C=O) groups is 2. The van der Waals surface area contributed by atoms with E-state index in [4.69, 9.17) is 0 Å². The van der Waals surface area contributed by atoms with Crippen LogP contribution in [0.2, 0.25) is 0 Å². The summed E-state index contributed by atoms with van der Waals surface area (Å²) in [5.41, 5.74) is 2.45. The molecule has 0 bridgehead atoms. The van der Waals surface area contributed by atoms with Crippen LogP contribution in [0, 0.1) is 0 Å². The summed E-state index contributed by atoms with van der Waals surface area (Å²) in [6, 6.07) is 17.2. The Bertz CT molecular complexity index is 700. The van der Waals surface area contributed by atoms with Crippen molar-refractivity contribution in [2.24, 2.45) is 0 Å². The fourth-order valence-corrected chi connectivity index (χ4v) is 3.24. The van der Waals surface area contributed by atoms with Gasteiger partial charge in [0, 0.05) is 30.1 Å². The molecule has 0 fully saturated rings. The molecule has 0 spiro atoms. The average molecular weight is 356 g/mol. The van der Waals surface area contributed by atoms with E-state index < -0.39 is 0 Å². The van der Waals surface area contributed by atoms with Crippen molar-refractivity contribution in [2.75, 3.05) is 24.2 Å². The van der Waals surface area contributed by atoms with Gasteiger partial charge in [0.2, 0.25) is 5.91 Å². The summed E-state index contributed by atoms with van der Waals surface area (Å²) >= 11 is 1.57. The van der Waals surface area contributed by atoms with Gasteiger partial charge in [0.1, 0.15) is 0 Å². The van der Waals surface area contributed by atoms with Crippen LogP contribution in [0.1, 0.15) is 29.8 Å². The van der Waals surface area contributed by atoms with E-state index in [9.17, 15) is 9.59 Å². The first-order valence-electron chi connectivity index (χ1n) is 8.45. The Morgan fingerprint density at radius 2 is 1.72 bits per heavy atom. The summed E-state index contributed by atoms with van der Waals surface area (Å²) in [4.78, 5) is 26.2. The molecule has 0 heterocycles. The third-order valence-corrected chi connectivity index (χ3v) is 4.79. The highest BCUT2D eigenvalue weighted by Gasteiger charge is 2.13. The van der Waals surface area contributed by atoms with E-state index >= 15 is 0 Å². The molecule has 0 aliphatic carbocycles. The van der Waals surface area contributed by atoms with Gasteiger partial charge in [-0.05, 0) is 37.6 Å². The molecule has 0 unspecified atom stereocenters. The number of nitrogens with one attached hydrogen (secondary N) is 1. The van der Waals surface area contributed by atoms with E-state index in [1.165, 1.54) is 5.56 Å². The van der Waals surface area contributed by atoms with Crippen LogP contribution in [0.4, 0.5) is 5.69 Å². The Balaban J connectivity index is 1.88. The Morgan fingerprint density at radius 3 is 2.40 bits per heavy atom. The van der Waals surface area contributed by atoms with Gasteiger partial charge in [0.05, 0.1) is 5.75 Å². The molecular formula is C20H24N2O2S. The summed E-state index contributed by atoms with van der Waals surface area (Å²) in [6.07, 6.45) is 0. The number of amides is 2. The molecular weight excluding hydrogens is 332 g/mol. The lowest BCUT2D eigenvalue weighted by Gasteiger charge is -2.19. The Morgan fingerprint density at radius 1 is 1.00 bits per heavy atom. The van der Waals surface area contributed by atoms with E-state index in [1.807, 2.05) is 44.2 Å². The minimum absolute atomic E-state index is 0.0143. The molecule has 5 heteroatoms. The molecule has 0 aromatic heterocycles. The first-order chi connectivity index (χ1) is 12.1. The SMILES string of the molecule is CCN(CC)C(=O)c1cccc(NC(=O)CSCc2ccccc2)c1. The van der Waals surface area contributed by atoms with Crippen molar-refractivity contribution in [3.63, 3.8) is 0 Å². The number of anilines is 1. The van der Waals surface area contributed by atoms with Crippen molar-refractivity contribution in [1.82, 2.24) is 4.90 Å². The highest BCUT2D eigenvalue weighted by molar-refractivity contribution is 7.99. The maximum absolute atomic E-state index is 12.4. The molecule has 4 nitrogen and oxygen atoms in total. The molecule has 0 aliphatic rings. The summed E-state index contributed by atoms with van der Waals surface area (Å²) in [5, 5.41) is 2.87. The van der Waals surface area contributed by atoms with E-state index in [-0.39, 0.29) is 11.8 Å². The van der Waals surface area contributed by atoms with E-state index in [0.29, 0.717) is 30.1 Å². The average Bonchev–Trinajstić information content (AvgIpc) is 2.63. The number of hydrogen-bond acceptors (Lipinski definition) is 3. The summed E-state index contributed by atoms with van der Waals surface area (Å²) < 4.78 is 0. The molecule has 132 valence electrons. The fourth-order valence-electron chi connectivity index (χ4n) is 2.46. The predicted molar refractivity (Wildman–Crippen MR) is 105 cm³/mol. The quantitative estimate of drug-likeness (QED) is 0.776. The summed E-state index contributed by atoms with van der Waals surface area (Å²) in [7, 11) is 0. The standard InChI is InChI=1S/C20H24N2O2S/c1-3-22(4-2)20(24)17-11-8-12-18(13-17)21-19(23)15-25-14-16-9-6-5-7-10-16/h5-13H,3-4,14-15H2,1-2H3,(H,21,23). The Labute approximate surface area is 153 Å². The number of thioether (sulfide) groups is 1. The molecule has 2 aromatic rings. The van der Waals surface area contributed by atoms with Crippen LogP contribution in [-0.4, -0.2) is 35.6 Å². The van der Waals surface area contributed by atoms with Crippen LogP contribution >= 0.6 is 11.8 Å². The topological polar surface area (TPSA) is 49.4 Å². The molecule has 2 amide bonds. The van der Waals surface area contributed by atoms with Gasteiger partial charge >= 0.3 is 0 Å². The second-order valence-electron chi connectivity index (χ2n) is 5.58. The monoisotopic (exact) mass is 356 g/mol. The van der Waals surface area contributed by atoms with Crippen LogP contribution in [0.25, 0.3) is 0 Å².